The fraction of sp³-hybridized carbons (Fsp3) is 0.120. The number of aryl methyl sites for hydroxylation is 3. The van der Waals surface area contributed by atoms with E-state index in [0.29, 0.717) is 22.0 Å². The van der Waals surface area contributed by atoms with Gasteiger partial charge in [-0.1, -0.05) is 48.0 Å². The molecule has 144 valence electrons. The van der Waals surface area contributed by atoms with Crippen molar-refractivity contribution >= 4 is 28.5 Å². The maximum atomic E-state index is 13.1. The molecule has 3 nitrogen and oxygen atoms in total. The highest BCUT2D eigenvalue weighted by atomic mass is 35.5. The van der Waals surface area contributed by atoms with Crippen LogP contribution in [0.3, 0.4) is 0 Å². The van der Waals surface area contributed by atoms with Gasteiger partial charge in [0.25, 0.3) is 0 Å². The lowest BCUT2D eigenvalue weighted by atomic mass is 10.0. The number of rotatable bonds is 3. The van der Waals surface area contributed by atoms with E-state index in [1.54, 1.807) is 6.07 Å². The van der Waals surface area contributed by atoms with Crippen LogP contribution in [0.25, 0.3) is 22.2 Å². The van der Waals surface area contributed by atoms with Gasteiger partial charge in [-0.15, -0.1) is 0 Å². The van der Waals surface area contributed by atoms with Crippen LogP contribution in [0.2, 0.25) is 5.02 Å². The highest BCUT2D eigenvalue weighted by molar-refractivity contribution is 6.30. The summed E-state index contributed by atoms with van der Waals surface area (Å²) in [5.74, 6) is 0.130. The fourth-order valence-electron chi connectivity index (χ4n) is 3.27. The first-order chi connectivity index (χ1) is 13.9. The summed E-state index contributed by atoms with van der Waals surface area (Å²) < 4.78 is 5.71. The summed E-state index contributed by atoms with van der Waals surface area (Å²) in [4.78, 5) is 17.9. The summed E-state index contributed by atoms with van der Waals surface area (Å²) in [5, 5.41) is 1.43. The zero-order chi connectivity index (χ0) is 20.5. The van der Waals surface area contributed by atoms with E-state index >= 15 is 0 Å². The molecule has 0 aliphatic carbocycles. The van der Waals surface area contributed by atoms with Crippen molar-refractivity contribution < 1.29 is 9.53 Å². The molecule has 4 rings (SSSR count). The van der Waals surface area contributed by atoms with Crippen LogP contribution in [-0.2, 0) is 0 Å². The monoisotopic (exact) mass is 401 g/mol. The fourth-order valence-corrected chi connectivity index (χ4v) is 3.39. The normalized spacial score (nSPS) is 10.9. The number of fused-ring (bicyclic) bond motifs is 1. The van der Waals surface area contributed by atoms with Gasteiger partial charge >= 0.3 is 5.97 Å². The Labute approximate surface area is 174 Å². The second-order valence-electron chi connectivity index (χ2n) is 7.17. The van der Waals surface area contributed by atoms with Crippen LogP contribution in [-0.4, -0.2) is 11.0 Å². The van der Waals surface area contributed by atoms with E-state index in [-0.39, 0.29) is 0 Å². The molecular weight excluding hydrogens is 382 g/mol. The molecule has 0 saturated heterocycles. The highest BCUT2D eigenvalue weighted by Crippen LogP contribution is 2.28. The van der Waals surface area contributed by atoms with Gasteiger partial charge in [0.2, 0.25) is 0 Å². The number of carbonyl (C=O) groups excluding carboxylic acids is 1. The van der Waals surface area contributed by atoms with Crippen LogP contribution in [0.1, 0.15) is 27.0 Å². The molecule has 0 radical (unpaired) electrons. The van der Waals surface area contributed by atoms with Crippen molar-refractivity contribution in [1.29, 1.82) is 0 Å². The van der Waals surface area contributed by atoms with Crippen LogP contribution in [0, 0.1) is 20.8 Å². The number of ether oxygens (including phenoxy) is 1. The number of nitrogens with zero attached hydrogens (tertiary/aromatic N) is 1. The van der Waals surface area contributed by atoms with E-state index < -0.39 is 5.97 Å². The van der Waals surface area contributed by atoms with Crippen LogP contribution >= 0.6 is 11.6 Å². The molecule has 3 aromatic carbocycles. The zero-order valence-corrected chi connectivity index (χ0v) is 17.2. The summed E-state index contributed by atoms with van der Waals surface area (Å²) in [7, 11) is 0. The molecule has 0 unspecified atom stereocenters. The molecule has 0 saturated carbocycles. The number of aromatic nitrogens is 1. The van der Waals surface area contributed by atoms with Gasteiger partial charge in [-0.05, 0) is 67.8 Å². The Hall–Kier alpha value is -3.17. The van der Waals surface area contributed by atoms with E-state index in [4.69, 9.17) is 21.3 Å². The summed E-state index contributed by atoms with van der Waals surface area (Å²) in [6.45, 7) is 6.01. The Balaban J connectivity index is 1.83. The van der Waals surface area contributed by atoms with Gasteiger partial charge in [-0.2, -0.15) is 0 Å². The molecule has 0 spiro atoms. The number of esters is 1. The Morgan fingerprint density at radius 1 is 0.862 bits per heavy atom. The smallest absolute Gasteiger partial charge is 0.344 e. The molecule has 1 aromatic heterocycles. The summed E-state index contributed by atoms with van der Waals surface area (Å²) >= 11 is 6.02. The molecule has 0 N–H and O–H groups in total. The minimum atomic E-state index is -0.401. The van der Waals surface area contributed by atoms with Gasteiger partial charge in [0, 0.05) is 16.0 Å². The van der Waals surface area contributed by atoms with Crippen LogP contribution in [0.4, 0.5) is 0 Å². The maximum Gasteiger partial charge on any atom is 0.344 e. The quantitative estimate of drug-likeness (QED) is 0.283. The second-order valence-corrected chi connectivity index (χ2v) is 7.61. The standard InChI is InChI=1S/C25H20ClNO2/c1-15-7-12-20(13-17(15)3)29-25(28)22-14-23(18-8-10-19(26)11-9-18)27-24-16(2)5-4-6-21(22)24/h4-14H,1-3H3. The van der Waals surface area contributed by atoms with Crippen molar-refractivity contribution in [2.75, 3.05) is 0 Å². The lowest BCUT2D eigenvalue weighted by molar-refractivity contribution is 0.0736. The second kappa shape index (κ2) is 7.69. The lowest BCUT2D eigenvalue weighted by Crippen LogP contribution is -2.10. The van der Waals surface area contributed by atoms with Gasteiger partial charge in [-0.25, -0.2) is 9.78 Å². The first-order valence-corrected chi connectivity index (χ1v) is 9.76. The number of benzene rings is 3. The molecule has 4 heteroatoms. The van der Waals surface area contributed by atoms with Gasteiger partial charge in [0.1, 0.15) is 5.75 Å². The topological polar surface area (TPSA) is 39.2 Å². The van der Waals surface area contributed by atoms with Crippen molar-refractivity contribution in [3.05, 3.63) is 94.0 Å². The van der Waals surface area contributed by atoms with Gasteiger partial charge < -0.3 is 4.74 Å². The number of carbonyl (C=O) groups is 1. The Bertz CT molecular complexity index is 1230. The molecule has 29 heavy (non-hydrogen) atoms. The third kappa shape index (κ3) is 3.87. The minimum Gasteiger partial charge on any atom is -0.423 e. The van der Waals surface area contributed by atoms with Gasteiger partial charge in [0.15, 0.2) is 0 Å². The molecule has 0 bridgehead atoms. The van der Waals surface area contributed by atoms with E-state index in [9.17, 15) is 4.79 Å². The van der Waals surface area contributed by atoms with Crippen molar-refractivity contribution in [1.82, 2.24) is 4.98 Å². The Kier molecular flexibility index (Phi) is 5.08. The Morgan fingerprint density at radius 2 is 1.62 bits per heavy atom. The first-order valence-electron chi connectivity index (χ1n) is 9.38. The third-order valence-electron chi connectivity index (χ3n) is 5.09. The molecule has 1 heterocycles. The number of hydrogen-bond donors (Lipinski definition) is 0. The van der Waals surface area contributed by atoms with Crippen LogP contribution < -0.4 is 4.74 Å². The summed E-state index contributed by atoms with van der Waals surface area (Å²) in [6.07, 6.45) is 0. The number of hydrogen-bond acceptors (Lipinski definition) is 3. The zero-order valence-electron chi connectivity index (χ0n) is 16.5. The average molecular weight is 402 g/mol. The van der Waals surface area contributed by atoms with Gasteiger partial charge in [-0.3, -0.25) is 0 Å². The first kappa shape index (κ1) is 19.2. The van der Waals surface area contributed by atoms with E-state index in [1.165, 1.54) is 0 Å². The molecule has 0 atom stereocenters. The molecule has 4 aromatic rings. The SMILES string of the molecule is Cc1ccc(OC(=O)c2cc(-c3ccc(Cl)cc3)nc3c(C)cccc23)cc1C. The molecule has 0 aliphatic rings. The maximum absolute atomic E-state index is 13.1. The predicted molar refractivity (Wildman–Crippen MR) is 118 cm³/mol. The van der Waals surface area contributed by atoms with Crippen LogP contribution in [0.15, 0.2) is 66.7 Å². The van der Waals surface area contributed by atoms with Crippen molar-refractivity contribution in [3.63, 3.8) is 0 Å². The molecular formula is C25H20ClNO2. The molecule has 0 fully saturated rings. The molecule has 0 aliphatic heterocycles. The van der Waals surface area contributed by atoms with Crippen molar-refractivity contribution in [2.45, 2.75) is 20.8 Å². The number of para-hydroxylation sites is 1. The largest absolute Gasteiger partial charge is 0.423 e. The highest BCUT2D eigenvalue weighted by Gasteiger charge is 2.17. The van der Waals surface area contributed by atoms with E-state index in [2.05, 4.69) is 0 Å². The number of pyridine rings is 1. The van der Waals surface area contributed by atoms with E-state index in [1.807, 2.05) is 81.4 Å². The van der Waals surface area contributed by atoms with Crippen molar-refractivity contribution in [3.8, 4) is 17.0 Å². The van der Waals surface area contributed by atoms with Crippen molar-refractivity contribution in [2.24, 2.45) is 0 Å². The van der Waals surface area contributed by atoms with Gasteiger partial charge in [0.05, 0.1) is 16.8 Å². The lowest BCUT2D eigenvalue weighted by Gasteiger charge is -2.12. The third-order valence-corrected chi connectivity index (χ3v) is 5.34. The summed E-state index contributed by atoms with van der Waals surface area (Å²) in [6, 6.07) is 20.7. The minimum absolute atomic E-state index is 0.401. The average Bonchev–Trinajstić information content (AvgIpc) is 2.71. The molecule has 0 amide bonds. The number of halogens is 1. The van der Waals surface area contributed by atoms with Crippen LogP contribution in [0.5, 0.6) is 5.75 Å². The predicted octanol–water partition coefficient (Wildman–Crippen LogP) is 6.70. The Morgan fingerprint density at radius 3 is 2.34 bits per heavy atom. The summed E-state index contributed by atoms with van der Waals surface area (Å²) in [5.41, 5.74) is 6.09. The van der Waals surface area contributed by atoms with E-state index in [0.717, 1.165) is 33.2 Å².